The van der Waals surface area contributed by atoms with Gasteiger partial charge in [0.1, 0.15) is 12.2 Å². The number of aryl methyl sites for hydroxylation is 1. The molecule has 0 unspecified atom stereocenters. The van der Waals surface area contributed by atoms with Crippen molar-refractivity contribution in [2.45, 2.75) is 19.7 Å². The van der Waals surface area contributed by atoms with E-state index in [1.165, 1.54) is 0 Å². The number of benzene rings is 1. The van der Waals surface area contributed by atoms with Gasteiger partial charge in [-0.05, 0) is 31.2 Å². The van der Waals surface area contributed by atoms with Crippen molar-refractivity contribution in [3.05, 3.63) is 70.4 Å². The Kier molecular flexibility index (Phi) is 6.77. The molecule has 4 rings (SSSR count). The first kappa shape index (κ1) is 23.2. The molecule has 4 aromatic rings. The van der Waals surface area contributed by atoms with Gasteiger partial charge >= 0.3 is 12.2 Å². The number of anilines is 1. The number of alkyl halides is 3. The monoisotopic (exact) mass is 488 g/mol. The largest absolute Gasteiger partial charge is 0.405 e. The van der Waals surface area contributed by atoms with Crippen LogP contribution in [0.15, 0.2) is 59.3 Å². The summed E-state index contributed by atoms with van der Waals surface area (Å²) in [4.78, 5) is 25.7. The molecular weight excluding hydrogens is 469 g/mol. The summed E-state index contributed by atoms with van der Waals surface area (Å²) in [5, 5.41) is 11.0. The molecule has 0 aliphatic heterocycles. The van der Waals surface area contributed by atoms with Crippen LogP contribution in [0.2, 0.25) is 0 Å². The van der Waals surface area contributed by atoms with Crippen LogP contribution in [-0.4, -0.2) is 39.3 Å². The third kappa shape index (κ3) is 6.10. The fraction of sp³-hybridized carbons (Fsp3) is 0.182. The number of urea groups is 1. The lowest BCUT2D eigenvalue weighted by atomic mass is 10.1. The minimum Gasteiger partial charge on any atom is -0.389 e. The molecule has 0 fully saturated rings. The van der Waals surface area contributed by atoms with Crippen LogP contribution < -0.4 is 10.6 Å². The number of pyridine rings is 1. The van der Waals surface area contributed by atoms with Crippen LogP contribution in [0.4, 0.5) is 23.7 Å². The van der Waals surface area contributed by atoms with Crippen LogP contribution in [0.1, 0.15) is 16.3 Å². The third-order valence-corrected chi connectivity index (χ3v) is 5.38. The van der Waals surface area contributed by atoms with E-state index in [4.69, 9.17) is 4.84 Å². The number of oxime groups is 1. The average molecular weight is 488 g/mol. The highest BCUT2D eigenvalue weighted by Gasteiger charge is 2.27. The van der Waals surface area contributed by atoms with Gasteiger partial charge in [0.25, 0.3) is 0 Å². The Balaban J connectivity index is 1.43. The molecule has 12 heteroatoms. The number of nitrogens with one attached hydrogen (secondary N) is 2. The molecule has 176 valence electrons. The number of rotatable bonds is 7. The number of amides is 2. The van der Waals surface area contributed by atoms with Crippen molar-refractivity contribution in [2.75, 3.05) is 11.9 Å². The zero-order chi connectivity index (χ0) is 24.1. The number of nitrogens with zero attached hydrogens (tertiary/aromatic N) is 4. The predicted octanol–water partition coefficient (Wildman–Crippen LogP) is 5.00. The molecule has 0 radical (unpaired) electrons. The van der Waals surface area contributed by atoms with E-state index >= 15 is 0 Å². The minimum absolute atomic E-state index is 0.287. The van der Waals surface area contributed by atoms with Gasteiger partial charge in [-0.2, -0.15) is 13.2 Å². The summed E-state index contributed by atoms with van der Waals surface area (Å²) in [6.45, 7) is 0.801. The van der Waals surface area contributed by atoms with E-state index in [2.05, 4.69) is 20.4 Å². The summed E-state index contributed by atoms with van der Waals surface area (Å²) in [7, 11) is 0. The first-order chi connectivity index (χ1) is 16.3. The first-order valence-electron chi connectivity index (χ1n) is 10.0. The molecule has 0 bridgehead atoms. The second kappa shape index (κ2) is 9.91. The summed E-state index contributed by atoms with van der Waals surface area (Å²) >= 11 is 1.55. The molecule has 1 aromatic carbocycles. The number of aromatic nitrogens is 3. The normalized spacial score (nSPS) is 11.8. The van der Waals surface area contributed by atoms with Crippen LogP contribution in [0.3, 0.4) is 0 Å². The Morgan fingerprint density at radius 2 is 2.15 bits per heavy atom. The van der Waals surface area contributed by atoms with Crippen molar-refractivity contribution in [3.8, 4) is 11.3 Å². The van der Waals surface area contributed by atoms with Crippen molar-refractivity contribution in [1.82, 2.24) is 19.7 Å². The Hall–Kier alpha value is -3.93. The lowest BCUT2D eigenvalue weighted by molar-refractivity contribution is -0.122. The van der Waals surface area contributed by atoms with E-state index in [0.29, 0.717) is 11.3 Å². The van der Waals surface area contributed by atoms with Crippen molar-refractivity contribution < 1.29 is 22.8 Å². The fourth-order valence-electron chi connectivity index (χ4n) is 3.08. The number of imidazole rings is 1. The lowest BCUT2D eigenvalue weighted by Crippen LogP contribution is -2.36. The number of halogens is 3. The molecule has 3 aromatic heterocycles. The summed E-state index contributed by atoms with van der Waals surface area (Å²) < 4.78 is 38.7. The molecule has 0 aliphatic carbocycles. The number of hydrogen-bond acceptors (Lipinski definition) is 6. The highest BCUT2D eigenvalue weighted by Crippen LogP contribution is 2.24. The van der Waals surface area contributed by atoms with E-state index in [1.807, 2.05) is 41.1 Å². The Morgan fingerprint density at radius 1 is 1.29 bits per heavy atom. The van der Waals surface area contributed by atoms with Gasteiger partial charge in [-0.3, -0.25) is 4.40 Å². The molecule has 0 spiro atoms. The van der Waals surface area contributed by atoms with E-state index in [1.54, 1.807) is 47.3 Å². The Labute approximate surface area is 196 Å². The minimum atomic E-state index is -4.48. The third-order valence-electron chi connectivity index (χ3n) is 4.56. The summed E-state index contributed by atoms with van der Waals surface area (Å²) in [5.74, 6) is 0. The fourth-order valence-corrected chi connectivity index (χ4v) is 3.68. The molecule has 2 N–H and O–H groups in total. The van der Waals surface area contributed by atoms with Gasteiger partial charge in [-0.15, -0.1) is 11.3 Å². The molecule has 0 saturated carbocycles. The number of fused-ring (bicyclic) bond motifs is 1. The molecule has 0 saturated heterocycles. The number of carbonyl (C=O) groups excluding carboxylic acids is 1. The second-order valence-electron chi connectivity index (χ2n) is 7.20. The predicted molar refractivity (Wildman–Crippen MR) is 123 cm³/mol. The molecule has 8 nitrogen and oxygen atoms in total. The van der Waals surface area contributed by atoms with Crippen LogP contribution in [-0.2, 0) is 11.4 Å². The van der Waals surface area contributed by atoms with Gasteiger partial charge in [0.2, 0.25) is 0 Å². The zero-order valence-electron chi connectivity index (χ0n) is 17.8. The highest BCUT2D eigenvalue weighted by molar-refractivity contribution is 7.09. The van der Waals surface area contributed by atoms with Gasteiger partial charge < -0.3 is 15.5 Å². The number of carbonyl (C=O) groups is 1. The first-order valence-corrected chi connectivity index (χ1v) is 10.9. The lowest BCUT2D eigenvalue weighted by Gasteiger charge is -2.10. The van der Waals surface area contributed by atoms with Crippen LogP contribution in [0.25, 0.3) is 16.9 Å². The average Bonchev–Trinajstić information content (AvgIpc) is 3.40. The van der Waals surface area contributed by atoms with Crippen molar-refractivity contribution >= 4 is 34.9 Å². The maximum Gasteiger partial charge on any atom is 0.405 e. The molecule has 0 aliphatic rings. The molecular formula is C22H19F3N6O2S. The van der Waals surface area contributed by atoms with Gasteiger partial charge in [0, 0.05) is 28.4 Å². The van der Waals surface area contributed by atoms with Crippen molar-refractivity contribution in [2.24, 2.45) is 5.16 Å². The van der Waals surface area contributed by atoms with Crippen LogP contribution >= 0.6 is 11.3 Å². The van der Waals surface area contributed by atoms with Crippen LogP contribution in [0.5, 0.6) is 0 Å². The molecule has 34 heavy (non-hydrogen) atoms. The summed E-state index contributed by atoms with van der Waals surface area (Å²) in [5.41, 5.74) is 4.09. The van der Waals surface area contributed by atoms with Crippen molar-refractivity contribution in [3.63, 3.8) is 0 Å². The Bertz CT molecular complexity index is 1330. The van der Waals surface area contributed by atoms with E-state index in [-0.39, 0.29) is 6.61 Å². The van der Waals surface area contributed by atoms with Crippen LogP contribution in [0, 0.1) is 6.92 Å². The van der Waals surface area contributed by atoms with Crippen molar-refractivity contribution in [1.29, 1.82) is 0 Å². The van der Waals surface area contributed by atoms with Gasteiger partial charge in [-0.25, -0.2) is 14.8 Å². The number of thiazole rings is 1. The van der Waals surface area contributed by atoms with E-state index in [9.17, 15) is 18.0 Å². The Morgan fingerprint density at radius 3 is 2.91 bits per heavy atom. The second-order valence-corrected chi connectivity index (χ2v) is 8.26. The SMILES string of the molecule is Cc1nc(CO/N=C/c2ccn3c(-c4cccc(NC(=O)NCC(F)(F)F)c4)cnc3c2)cs1. The zero-order valence-corrected chi connectivity index (χ0v) is 18.7. The molecule has 3 heterocycles. The number of hydrogen-bond donors (Lipinski definition) is 2. The standard InChI is InChI=1S/C22H19F3N6O2S/c1-14-29-18(12-34-14)11-33-28-9-15-5-6-31-19(10-26-20(31)7-15)16-3-2-4-17(8-16)30-21(32)27-13-22(23,24)25/h2-10,12H,11,13H2,1H3,(H2,27,30,32)/b28-9+. The van der Waals surface area contributed by atoms with E-state index < -0.39 is 18.8 Å². The summed E-state index contributed by atoms with van der Waals surface area (Å²) in [6, 6.07) is 9.47. The molecule has 2 amide bonds. The topological polar surface area (TPSA) is 92.9 Å². The maximum atomic E-state index is 12.3. The van der Waals surface area contributed by atoms with Gasteiger partial charge in [0.15, 0.2) is 6.61 Å². The summed E-state index contributed by atoms with van der Waals surface area (Å²) in [6.07, 6.45) is 0.586. The van der Waals surface area contributed by atoms with E-state index in [0.717, 1.165) is 27.5 Å². The quantitative estimate of drug-likeness (QED) is 0.283. The molecule has 0 atom stereocenters. The maximum absolute atomic E-state index is 12.3. The van der Waals surface area contributed by atoms with Gasteiger partial charge in [0.05, 0.1) is 28.8 Å². The highest BCUT2D eigenvalue weighted by atomic mass is 32.1. The smallest absolute Gasteiger partial charge is 0.389 e. The van der Waals surface area contributed by atoms with Gasteiger partial charge in [-0.1, -0.05) is 17.3 Å².